The van der Waals surface area contributed by atoms with Crippen LogP contribution < -0.4 is 14.4 Å². The molecule has 4 atom stereocenters. The zero-order valence-electron chi connectivity index (χ0n) is 23.2. The number of carbonyl (C=O) groups excluding carboxylic acids is 1. The van der Waals surface area contributed by atoms with Gasteiger partial charge in [0.1, 0.15) is 15.7 Å². The number of nitrogens with one attached hydrogen (secondary N) is 2. The fraction of sp³-hybridized carbons (Fsp3) is 0.345. The number of ether oxygens (including phenoxy) is 1. The van der Waals surface area contributed by atoms with Crippen molar-refractivity contribution in [3.8, 4) is 5.75 Å². The summed E-state index contributed by atoms with van der Waals surface area (Å²) in [6, 6.07) is 12.3. The average molecular weight is 643 g/mol. The quantitative estimate of drug-likeness (QED) is 0.323. The maximum Gasteiger partial charge on any atom is 0.573 e. The Morgan fingerprint density at radius 2 is 1.61 bits per heavy atom. The number of amides is 1. The number of alkyl halides is 6. The molecule has 1 amide bonds. The summed E-state index contributed by atoms with van der Waals surface area (Å²) in [7, 11) is -3.96. The third kappa shape index (κ3) is 6.49. The third-order valence-electron chi connectivity index (χ3n) is 7.73. The van der Waals surface area contributed by atoms with Crippen LogP contribution in [0.2, 0.25) is 0 Å². The summed E-state index contributed by atoms with van der Waals surface area (Å²) in [6.45, 7) is 0.986. The summed E-state index contributed by atoms with van der Waals surface area (Å²) in [6.07, 6.45) is -10.7. The van der Waals surface area contributed by atoms with Crippen LogP contribution in [-0.4, -0.2) is 57.8 Å². The number of piperidine rings is 1. The molecule has 5 rings (SSSR count). The lowest BCUT2D eigenvalue weighted by molar-refractivity contribution is -0.274. The van der Waals surface area contributed by atoms with Gasteiger partial charge in [-0.2, -0.15) is 13.2 Å². The van der Waals surface area contributed by atoms with Crippen molar-refractivity contribution in [3.05, 3.63) is 83.4 Å². The summed E-state index contributed by atoms with van der Waals surface area (Å²) in [5, 5.41) is 11.7. The van der Waals surface area contributed by atoms with Gasteiger partial charge in [-0.1, -0.05) is 24.3 Å². The van der Waals surface area contributed by atoms with E-state index in [0.717, 1.165) is 35.9 Å². The second-order valence-electron chi connectivity index (χ2n) is 10.6. The number of nitrogens with zero attached hydrogens (tertiary/aromatic N) is 2. The Hall–Kier alpha value is -3.82. The van der Waals surface area contributed by atoms with E-state index in [1.165, 1.54) is 24.0 Å². The second kappa shape index (κ2) is 11.6. The monoisotopic (exact) mass is 642 g/mol. The Labute approximate surface area is 249 Å². The molecule has 2 heterocycles. The van der Waals surface area contributed by atoms with Crippen LogP contribution in [0.1, 0.15) is 23.6 Å². The molecule has 0 aliphatic carbocycles. The molecule has 4 unspecified atom stereocenters. The van der Waals surface area contributed by atoms with E-state index < -0.39 is 57.9 Å². The van der Waals surface area contributed by atoms with E-state index in [2.05, 4.69) is 9.46 Å². The van der Waals surface area contributed by atoms with Crippen molar-refractivity contribution < 1.29 is 45.2 Å². The molecular weight excluding hydrogens is 614 g/mol. The standard InChI is InChI=1S/C29H28F6N4O4S/c1-17(40)38-15-23(37-44(36,42)20-12-10-19(11-13-20)43-29(33,34)35)27(41)26(16-38)39-24-7-3-2-5-18(24)9-14-21-22(28(30,31)32)6-4-8-25(21)39/h2-8,10-13,23,26-27,41H,9,14-16H2,1H3,(H2,36,37,42). The highest BCUT2D eigenvalue weighted by atomic mass is 32.2. The van der Waals surface area contributed by atoms with Gasteiger partial charge in [0.2, 0.25) is 5.91 Å². The summed E-state index contributed by atoms with van der Waals surface area (Å²) in [5.41, 5.74) is 0.663. The van der Waals surface area contributed by atoms with Gasteiger partial charge in [-0.25, -0.2) is 13.7 Å². The molecule has 1 saturated heterocycles. The van der Waals surface area contributed by atoms with Crippen LogP contribution in [0.3, 0.4) is 0 Å². The number of aliphatic hydroxyl groups excluding tert-OH is 1. The predicted molar refractivity (Wildman–Crippen MR) is 149 cm³/mol. The van der Waals surface area contributed by atoms with Crippen LogP contribution in [0.5, 0.6) is 5.75 Å². The zero-order chi connectivity index (χ0) is 32.0. The van der Waals surface area contributed by atoms with Gasteiger partial charge < -0.3 is 19.6 Å². The molecule has 15 heteroatoms. The zero-order valence-corrected chi connectivity index (χ0v) is 24.0. The fourth-order valence-electron chi connectivity index (χ4n) is 5.77. The second-order valence-corrected chi connectivity index (χ2v) is 12.4. The van der Waals surface area contributed by atoms with Crippen LogP contribution in [0.25, 0.3) is 0 Å². The van der Waals surface area contributed by atoms with Crippen molar-refractivity contribution >= 4 is 27.2 Å². The number of rotatable bonds is 5. The normalized spacial score (nSPS) is 22.0. The molecule has 0 aromatic heterocycles. The van der Waals surface area contributed by atoms with Gasteiger partial charge in [-0.15, -0.1) is 13.2 Å². The molecule has 236 valence electrons. The molecule has 0 spiro atoms. The van der Waals surface area contributed by atoms with Crippen molar-refractivity contribution in [3.63, 3.8) is 0 Å². The van der Waals surface area contributed by atoms with E-state index in [1.807, 2.05) is 0 Å². The molecule has 0 saturated carbocycles. The first-order valence-electron chi connectivity index (χ1n) is 13.5. The number of likely N-dealkylation sites (tertiary alicyclic amines) is 1. The van der Waals surface area contributed by atoms with Crippen molar-refractivity contribution in [2.24, 2.45) is 0 Å². The summed E-state index contributed by atoms with van der Waals surface area (Å²) in [4.78, 5) is 15.3. The highest BCUT2D eigenvalue weighted by Crippen LogP contribution is 2.44. The van der Waals surface area contributed by atoms with Crippen LogP contribution in [0.15, 0.2) is 71.6 Å². The smallest absolute Gasteiger partial charge is 0.406 e. The van der Waals surface area contributed by atoms with Gasteiger partial charge in [-0.05, 0) is 66.4 Å². The molecule has 2 aliphatic heterocycles. The first kappa shape index (κ1) is 31.6. The fourth-order valence-corrected chi connectivity index (χ4v) is 7.06. The van der Waals surface area contributed by atoms with Crippen molar-refractivity contribution in [2.45, 2.75) is 55.4 Å². The Kier molecular flexibility index (Phi) is 8.33. The van der Waals surface area contributed by atoms with E-state index >= 15 is 0 Å². The average Bonchev–Trinajstić information content (AvgIpc) is 3.10. The highest BCUT2D eigenvalue weighted by molar-refractivity contribution is 7.90. The molecule has 0 bridgehead atoms. The minimum atomic E-state index is -4.95. The number of hydrogen-bond donors (Lipinski definition) is 3. The molecule has 3 aromatic carbocycles. The number of aliphatic hydroxyl groups is 1. The molecule has 3 aromatic rings. The van der Waals surface area contributed by atoms with Gasteiger partial charge in [0.05, 0.1) is 28.6 Å². The lowest BCUT2D eigenvalue weighted by Crippen LogP contribution is -2.65. The molecule has 3 N–H and O–H groups in total. The van der Waals surface area contributed by atoms with Crippen molar-refractivity contribution in [1.29, 1.82) is 4.78 Å². The first-order valence-corrected chi connectivity index (χ1v) is 15.0. The Morgan fingerprint density at radius 1 is 0.955 bits per heavy atom. The van der Waals surface area contributed by atoms with Gasteiger partial charge >= 0.3 is 12.5 Å². The van der Waals surface area contributed by atoms with E-state index in [0.29, 0.717) is 5.69 Å². The molecule has 1 fully saturated rings. The van der Waals surface area contributed by atoms with Crippen molar-refractivity contribution in [2.75, 3.05) is 18.0 Å². The molecule has 8 nitrogen and oxygen atoms in total. The predicted octanol–water partition coefficient (Wildman–Crippen LogP) is 5.41. The Balaban J connectivity index is 1.54. The Morgan fingerprint density at radius 3 is 2.25 bits per heavy atom. The number of fused-ring (bicyclic) bond motifs is 2. The Bertz CT molecular complexity index is 1650. The number of aryl methyl sites for hydroxylation is 1. The number of para-hydroxylation sites is 1. The molecular formula is C29H28F6N4O4S. The number of anilines is 2. The number of carbonyl (C=O) groups is 1. The molecule has 0 radical (unpaired) electrons. The van der Waals surface area contributed by atoms with Gasteiger partial charge in [0.25, 0.3) is 0 Å². The van der Waals surface area contributed by atoms with Crippen molar-refractivity contribution in [1.82, 2.24) is 9.62 Å². The maximum absolute atomic E-state index is 14.1. The van der Waals surface area contributed by atoms with Crippen LogP contribution in [0.4, 0.5) is 37.7 Å². The number of hydrogen-bond acceptors (Lipinski definition) is 6. The SMILES string of the molecule is CC(=O)N1CC(NS(=N)(=O)c2ccc(OC(F)(F)F)cc2)C(O)C(N2c3ccccc3CCc3c2cccc3C(F)(F)F)C1. The maximum atomic E-state index is 14.1. The summed E-state index contributed by atoms with van der Waals surface area (Å²) >= 11 is 0. The molecule has 44 heavy (non-hydrogen) atoms. The number of benzene rings is 3. The largest absolute Gasteiger partial charge is 0.573 e. The van der Waals surface area contributed by atoms with Gasteiger partial charge in [0, 0.05) is 31.4 Å². The van der Waals surface area contributed by atoms with E-state index in [9.17, 15) is 40.5 Å². The third-order valence-corrected chi connectivity index (χ3v) is 9.30. The number of halogens is 6. The topological polar surface area (TPSA) is 106 Å². The summed E-state index contributed by atoms with van der Waals surface area (Å²) in [5.74, 6) is -1.01. The van der Waals surface area contributed by atoms with Crippen LogP contribution >= 0.6 is 0 Å². The molecule has 2 aliphatic rings. The lowest BCUT2D eigenvalue weighted by Gasteiger charge is -2.47. The minimum Gasteiger partial charge on any atom is -0.406 e. The van der Waals surface area contributed by atoms with Gasteiger partial charge in [0.15, 0.2) is 0 Å². The van der Waals surface area contributed by atoms with E-state index in [-0.39, 0.29) is 42.1 Å². The first-order chi connectivity index (χ1) is 20.5. The highest BCUT2D eigenvalue weighted by Gasteiger charge is 2.44. The van der Waals surface area contributed by atoms with Crippen LogP contribution in [0, 0.1) is 4.78 Å². The minimum absolute atomic E-state index is 0.0262. The van der Waals surface area contributed by atoms with Gasteiger partial charge in [-0.3, -0.25) is 4.79 Å². The van der Waals surface area contributed by atoms with Crippen LogP contribution in [-0.2, 0) is 33.7 Å². The van der Waals surface area contributed by atoms with E-state index in [1.54, 1.807) is 29.2 Å². The van der Waals surface area contributed by atoms with E-state index in [4.69, 9.17) is 4.78 Å². The summed E-state index contributed by atoms with van der Waals surface area (Å²) < 4.78 is 108. The lowest BCUT2D eigenvalue weighted by atomic mass is 9.93.